The molecule has 13 heteroatoms. The minimum Gasteiger partial charge on any atom is -0.373 e. The van der Waals surface area contributed by atoms with Crippen molar-refractivity contribution in [2.24, 2.45) is 0 Å². The predicted molar refractivity (Wildman–Crippen MR) is 511 cm³/mol. The standard InChI is InChI=1S/C20H17N2.3C17H10N.C14H12.3C12H8.4Pt.4Y/c1-14(2)16-9-10-21-20(12-16)18-6-4-5-17(11-18)19-8-7-15(3)22-13-19;1-2-8-14(9-3-1)15-10-4-5-11-16(15)17-12-6-7-13-18-17;1-2-7-14(8-3-1)15-9-6-10-16(13-15)17-11-4-5-12-18-17;1-2-6-14(7-3-1)15-9-11-16(12-10-15)17-8-4-5-13-18-17;1-11-5-3-7-13(9-11)14-8-4-6-12(2)10-14;3*1-3-7-11(8-4-1)12-9-5-2-6-10-12;;;;;;;;/h4-5,7-10,12,14H,1-3H3;1-8,12-13H;1-7,11-13H;1-6,8-9,12-13H;3-6,9-10H,1-2H3;3*1-7,9H;;;;;;;;/q4*-3;4*-2;;;;;;;;/i;;;;1D3;;;;;;;;;;;. The summed E-state index contributed by atoms with van der Waals surface area (Å²) < 4.78 is 22.2. The van der Waals surface area contributed by atoms with Crippen LogP contribution < -0.4 is 0 Å². The Morgan fingerprint density at radius 1 is 0.246 bits per heavy atom. The van der Waals surface area contributed by atoms with E-state index in [0.29, 0.717) is 11.5 Å². The molecule has 0 aliphatic heterocycles. The van der Waals surface area contributed by atoms with E-state index in [1.807, 2.05) is 366 Å². The number of aromatic nitrogens is 5. The third-order valence-corrected chi connectivity index (χ3v) is 18.8. The second-order valence-electron chi connectivity index (χ2n) is 28.2. The first-order valence-corrected chi connectivity index (χ1v) is 40.8. The van der Waals surface area contributed by atoms with Crippen molar-refractivity contribution in [1.82, 2.24) is 24.9 Å². The smallest absolute Gasteiger partial charge is 0.0334 e. The van der Waals surface area contributed by atoms with Crippen LogP contribution in [0.15, 0.2) is 407 Å². The van der Waals surface area contributed by atoms with E-state index in [1.54, 1.807) is 42.9 Å². The van der Waals surface area contributed by atoms with E-state index in [1.165, 1.54) is 5.56 Å². The SMILES string of the molecule is Cc1ccc(-c2[c-]c(-c3cc(C(C)C)ccn3)[c-]cc2)[c-]n1.[2H]C([2H])([2H])c1cc[c-]c(-c2[c-]ccc(C)c2)c1.[Pt].[Pt].[Pt].[Pt].[Y].[Y].[Y].[Y].[c-]1cc(-c2ccccn2)[c-]cc1-c1[c-]cccc1.[c-]1ccccc1-c1[c-]c[c-]c(-c2ccccn2)c1.[c-]1ccccc1-c1[c-]cc[c-]c1-c1ccccn1.[c-]1ccccc1-c1[c-]cccc1.[c-]1ccccc1-c1[c-]cccc1.[c-]1ccccc1-c1[c-]cccc1. The molecule has 5 nitrogen and oxygen atoms in total. The Kier molecular flexibility index (Phi) is 53.7. The Balaban J connectivity index is 0.000000276. The fraction of sp³-hybridized carbons (Fsp3) is 0.0496. The van der Waals surface area contributed by atoms with Crippen molar-refractivity contribution < 1.29 is 219 Å². The molecule has 0 aliphatic rings. The van der Waals surface area contributed by atoms with E-state index in [-0.39, 0.29) is 215 Å². The first kappa shape index (κ1) is 111. The molecular formula is C121H83N5Pt4Y4-20. The van der Waals surface area contributed by atoms with Crippen molar-refractivity contribution in [3.63, 3.8) is 0 Å². The molecule has 664 valence electrons. The fourth-order valence-electron chi connectivity index (χ4n) is 12.4. The summed E-state index contributed by atoms with van der Waals surface area (Å²) in [4.78, 5) is 21.7. The molecule has 20 aromatic rings. The number of benzene rings is 15. The molecule has 0 spiro atoms. The van der Waals surface area contributed by atoms with E-state index < -0.39 is 6.85 Å². The van der Waals surface area contributed by atoms with Gasteiger partial charge in [0.2, 0.25) is 0 Å². The minimum atomic E-state index is -2.08. The predicted octanol–water partition coefficient (Wildman–Crippen LogP) is 28.5. The van der Waals surface area contributed by atoms with Gasteiger partial charge in [-0.25, -0.2) is 168 Å². The normalized spacial score (nSPS) is 9.99. The summed E-state index contributed by atoms with van der Waals surface area (Å²) in [6.07, 6.45) is 10.2. The summed E-state index contributed by atoms with van der Waals surface area (Å²) in [5.41, 5.74) is 27.2. The number of hydrogen-bond donors (Lipinski definition) is 0. The Bertz CT molecular complexity index is 6200. The molecule has 0 fully saturated rings. The molecule has 0 aliphatic carbocycles. The Labute approximate surface area is 956 Å². The van der Waals surface area contributed by atoms with Gasteiger partial charge in [-0.1, -0.05) is 87.5 Å². The van der Waals surface area contributed by atoms with Gasteiger partial charge < -0.3 is 42.7 Å². The topological polar surface area (TPSA) is 64.5 Å². The zero-order chi connectivity index (χ0) is 89.3. The number of hydrogen-bond acceptors (Lipinski definition) is 5. The minimum absolute atomic E-state index is 0. The van der Waals surface area contributed by atoms with Crippen molar-refractivity contribution in [1.29, 1.82) is 0 Å². The Hall–Kier alpha value is -8.78. The maximum absolute atomic E-state index is 7.38. The third kappa shape index (κ3) is 38.0. The summed E-state index contributed by atoms with van der Waals surface area (Å²) in [5.74, 6) is 0.472. The van der Waals surface area contributed by atoms with Crippen molar-refractivity contribution >= 4 is 0 Å². The van der Waals surface area contributed by atoms with Gasteiger partial charge >= 0.3 is 0 Å². The van der Waals surface area contributed by atoms with Crippen molar-refractivity contribution in [3.05, 3.63) is 551 Å². The molecule has 4 radical (unpaired) electrons. The van der Waals surface area contributed by atoms with Gasteiger partial charge in [-0.2, -0.15) is 248 Å². The fourth-order valence-corrected chi connectivity index (χ4v) is 12.4. The van der Waals surface area contributed by atoms with Crippen LogP contribution in [-0.2, 0) is 215 Å². The van der Waals surface area contributed by atoms with Crippen LogP contribution in [0.2, 0.25) is 0 Å². The molecule has 15 aromatic carbocycles. The van der Waals surface area contributed by atoms with E-state index in [2.05, 4.69) is 172 Å². The average molecular weight is 2750 g/mol. The zero-order valence-corrected chi connectivity index (χ0v) is 94.0. The average Bonchev–Trinajstić information content (AvgIpc) is 0.834. The van der Waals surface area contributed by atoms with Crippen LogP contribution in [0.4, 0.5) is 0 Å². The molecule has 0 bridgehead atoms. The quantitative estimate of drug-likeness (QED) is 0.108. The third-order valence-electron chi connectivity index (χ3n) is 18.8. The van der Waals surface area contributed by atoms with Crippen LogP contribution in [0.25, 0.3) is 134 Å². The molecule has 0 N–H and O–H groups in total. The second kappa shape index (κ2) is 65.1. The Morgan fingerprint density at radius 3 is 1.02 bits per heavy atom. The Morgan fingerprint density at radius 2 is 0.612 bits per heavy atom. The first-order chi connectivity index (χ1) is 63.3. The van der Waals surface area contributed by atoms with Gasteiger partial charge in [0.15, 0.2) is 0 Å². The molecule has 0 saturated carbocycles. The van der Waals surface area contributed by atoms with E-state index in [4.69, 9.17) is 4.11 Å². The van der Waals surface area contributed by atoms with Gasteiger partial charge in [0.1, 0.15) is 0 Å². The van der Waals surface area contributed by atoms with Gasteiger partial charge in [0, 0.05) is 250 Å². The maximum Gasteiger partial charge on any atom is 0.0334 e. The van der Waals surface area contributed by atoms with Gasteiger partial charge in [-0.3, -0.25) is 34.8 Å². The zero-order valence-electron chi connectivity index (χ0n) is 76.6. The summed E-state index contributed by atoms with van der Waals surface area (Å²) >= 11 is 0. The number of nitrogens with zero attached hydrogens (tertiary/aromatic N) is 5. The van der Waals surface area contributed by atoms with Crippen LogP contribution in [0.5, 0.6) is 0 Å². The van der Waals surface area contributed by atoms with Gasteiger partial charge in [0.25, 0.3) is 0 Å². The summed E-state index contributed by atoms with van der Waals surface area (Å²) in [7, 11) is 0. The summed E-state index contributed by atoms with van der Waals surface area (Å²) in [6.45, 7) is 6.22. The van der Waals surface area contributed by atoms with Crippen molar-refractivity contribution in [2.75, 3.05) is 0 Å². The van der Waals surface area contributed by atoms with Crippen LogP contribution in [-0.4, -0.2) is 24.9 Å². The molecule has 0 saturated heterocycles. The van der Waals surface area contributed by atoms with Gasteiger partial charge in [-0.05, 0) is 41.9 Å². The molecule has 0 unspecified atom stereocenters. The van der Waals surface area contributed by atoms with Crippen molar-refractivity contribution in [2.45, 2.75) is 40.5 Å². The van der Waals surface area contributed by atoms with Crippen LogP contribution in [0.3, 0.4) is 0 Å². The van der Waals surface area contributed by atoms with Crippen LogP contribution in [0, 0.1) is 142 Å². The number of rotatable bonds is 13. The summed E-state index contributed by atoms with van der Waals surface area (Å²) in [6, 6.07) is 183. The molecule has 0 atom stereocenters. The second-order valence-corrected chi connectivity index (χ2v) is 28.2. The van der Waals surface area contributed by atoms with Crippen molar-refractivity contribution in [3.8, 4) is 134 Å². The molecule has 5 heterocycles. The van der Waals surface area contributed by atoms with E-state index >= 15 is 0 Å². The van der Waals surface area contributed by atoms with E-state index in [0.717, 1.165) is 145 Å². The van der Waals surface area contributed by atoms with Gasteiger partial charge in [-0.15, -0.1) is 96.2 Å². The molecular weight excluding hydrogens is 2660 g/mol. The molecule has 20 rings (SSSR count). The number of pyridine rings is 5. The van der Waals surface area contributed by atoms with Gasteiger partial charge in [0.05, 0.1) is 0 Å². The number of aryl methyl sites for hydroxylation is 3. The first-order valence-electron chi connectivity index (χ1n) is 42.3. The molecule has 5 aromatic heterocycles. The monoisotopic (exact) mass is 2740 g/mol. The molecule has 134 heavy (non-hydrogen) atoms. The van der Waals surface area contributed by atoms with Crippen LogP contribution >= 0.6 is 0 Å². The molecule has 0 amide bonds. The van der Waals surface area contributed by atoms with Crippen LogP contribution in [0.1, 0.15) is 46.3 Å². The van der Waals surface area contributed by atoms with E-state index in [9.17, 15) is 0 Å². The summed E-state index contributed by atoms with van der Waals surface area (Å²) in [5, 5.41) is 0. The maximum atomic E-state index is 7.38. The largest absolute Gasteiger partial charge is 0.373 e.